The van der Waals surface area contributed by atoms with Gasteiger partial charge in [0.25, 0.3) is 0 Å². The number of nitrogens with one attached hydrogen (secondary N) is 1. The maximum atomic E-state index is 12.8. The Balaban J connectivity index is 1.98. The smallest absolute Gasteiger partial charge is 0.325 e. The molecular weight excluding hydrogens is 379 g/mol. The molecule has 2 rings (SSSR count). The van der Waals surface area contributed by atoms with Gasteiger partial charge < -0.3 is 5.32 Å². The van der Waals surface area contributed by atoms with Crippen molar-refractivity contribution in [3.63, 3.8) is 0 Å². The Morgan fingerprint density at radius 1 is 1.40 bits per heavy atom. The molecule has 0 atom stereocenters. The highest BCUT2D eigenvalue weighted by molar-refractivity contribution is 7.99. The van der Waals surface area contributed by atoms with Gasteiger partial charge in [-0.1, -0.05) is 37.2 Å². The van der Waals surface area contributed by atoms with Crippen LogP contribution in [0.5, 0.6) is 0 Å². The molecule has 1 N–H and O–H groups in total. The maximum absolute atomic E-state index is 12.8. The van der Waals surface area contributed by atoms with Crippen LogP contribution in [0.25, 0.3) is 0 Å². The minimum Gasteiger partial charge on any atom is -0.325 e. The number of alkyl halides is 3. The van der Waals surface area contributed by atoms with Crippen molar-refractivity contribution in [1.29, 1.82) is 0 Å². The minimum absolute atomic E-state index is 0.0177. The Kier molecular flexibility index (Phi) is 6.28. The molecule has 0 aliphatic heterocycles. The Labute approximate surface area is 151 Å². The van der Waals surface area contributed by atoms with E-state index < -0.39 is 22.7 Å². The van der Waals surface area contributed by atoms with Crippen molar-refractivity contribution in [2.45, 2.75) is 31.7 Å². The van der Waals surface area contributed by atoms with E-state index in [1.54, 1.807) is 4.68 Å². The number of tetrazole rings is 1. The summed E-state index contributed by atoms with van der Waals surface area (Å²) >= 11 is 6.65. The SMILES string of the molecule is CC(C)Cn1nnnc1SCC(=O)Nc1ccc(Cl)c(C(F)(F)F)c1. The molecule has 1 heterocycles. The highest BCUT2D eigenvalue weighted by atomic mass is 35.5. The minimum atomic E-state index is -4.59. The summed E-state index contributed by atoms with van der Waals surface area (Å²) in [5.41, 5.74) is -0.982. The van der Waals surface area contributed by atoms with Gasteiger partial charge >= 0.3 is 6.18 Å². The molecule has 0 radical (unpaired) electrons. The zero-order valence-corrected chi connectivity index (χ0v) is 14.9. The van der Waals surface area contributed by atoms with Crippen LogP contribution in [-0.4, -0.2) is 31.9 Å². The van der Waals surface area contributed by atoms with Crippen LogP contribution in [0.3, 0.4) is 0 Å². The molecule has 0 saturated heterocycles. The second-order valence-corrected chi connectivity index (χ2v) is 6.92. The van der Waals surface area contributed by atoms with Crippen molar-refractivity contribution in [3.8, 4) is 0 Å². The second kappa shape index (κ2) is 8.05. The Bertz CT molecular complexity index is 750. The van der Waals surface area contributed by atoms with Gasteiger partial charge in [-0.2, -0.15) is 13.2 Å². The van der Waals surface area contributed by atoms with E-state index in [1.807, 2.05) is 13.8 Å². The van der Waals surface area contributed by atoms with Crippen LogP contribution >= 0.6 is 23.4 Å². The molecule has 6 nitrogen and oxygen atoms in total. The third-order valence-electron chi connectivity index (χ3n) is 2.93. The van der Waals surface area contributed by atoms with Gasteiger partial charge in [-0.05, 0) is 34.5 Å². The van der Waals surface area contributed by atoms with Crippen LogP contribution in [0, 0.1) is 5.92 Å². The van der Waals surface area contributed by atoms with Gasteiger partial charge in [-0.3, -0.25) is 4.79 Å². The molecule has 11 heteroatoms. The van der Waals surface area contributed by atoms with Crippen molar-refractivity contribution in [2.24, 2.45) is 5.92 Å². The highest BCUT2D eigenvalue weighted by Gasteiger charge is 2.33. The van der Waals surface area contributed by atoms with Crippen molar-refractivity contribution in [3.05, 3.63) is 28.8 Å². The van der Waals surface area contributed by atoms with Crippen LogP contribution in [0.1, 0.15) is 19.4 Å². The normalized spacial score (nSPS) is 11.8. The molecule has 0 unspecified atom stereocenters. The van der Waals surface area contributed by atoms with Gasteiger partial charge in [-0.15, -0.1) is 5.10 Å². The number of nitrogens with zero attached hydrogens (tertiary/aromatic N) is 4. The van der Waals surface area contributed by atoms with E-state index in [9.17, 15) is 18.0 Å². The molecule has 0 fully saturated rings. The number of rotatable bonds is 6. The van der Waals surface area contributed by atoms with E-state index in [-0.39, 0.29) is 11.4 Å². The number of amides is 1. The fraction of sp³-hybridized carbons (Fsp3) is 0.429. The predicted octanol–water partition coefficient (Wildman–Crippen LogP) is 3.73. The number of carbonyl (C=O) groups excluding carboxylic acids is 1. The molecule has 1 aromatic heterocycles. The molecule has 1 amide bonds. The summed E-state index contributed by atoms with van der Waals surface area (Å²) in [5, 5.41) is 13.7. The Morgan fingerprint density at radius 2 is 2.12 bits per heavy atom. The van der Waals surface area contributed by atoms with E-state index in [4.69, 9.17) is 11.6 Å². The number of carbonyl (C=O) groups is 1. The summed E-state index contributed by atoms with van der Waals surface area (Å²) in [7, 11) is 0. The lowest BCUT2D eigenvalue weighted by Gasteiger charge is -2.11. The lowest BCUT2D eigenvalue weighted by molar-refractivity contribution is -0.137. The van der Waals surface area contributed by atoms with E-state index in [0.29, 0.717) is 17.6 Å². The first kappa shape index (κ1) is 19.5. The molecule has 0 bridgehead atoms. The number of hydrogen-bond donors (Lipinski definition) is 1. The van der Waals surface area contributed by atoms with Gasteiger partial charge in [-0.25, -0.2) is 4.68 Å². The van der Waals surface area contributed by atoms with E-state index in [0.717, 1.165) is 23.9 Å². The van der Waals surface area contributed by atoms with Crippen LogP contribution in [0.4, 0.5) is 18.9 Å². The third kappa shape index (κ3) is 5.60. The standard InChI is InChI=1S/C14H15ClF3N5OS/c1-8(2)6-23-13(20-21-22-23)25-7-12(24)19-9-3-4-11(15)10(5-9)14(16,17)18/h3-5,8H,6-7H2,1-2H3,(H,19,24). The Hall–Kier alpha value is -1.81. The van der Waals surface area contributed by atoms with Crippen molar-refractivity contribution in [1.82, 2.24) is 20.2 Å². The van der Waals surface area contributed by atoms with Crippen molar-refractivity contribution in [2.75, 3.05) is 11.1 Å². The summed E-state index contributed by atoms with van der Waals surface area (Å²) in [6.07, 6.45) is -4.59. The van der Waals surface area contributed by atoms with E-state index >= 15 is 0 Å². The van der Waals surface area contributed by atoms with E-state index in [1.165, 1.54) is 6.07 Å². The lowest BCUT2D eigenvalue weighted by Crippen LogP contribution is -2.16. The highest BCUT2D eigenvalue weighted by Crippen LogP contribution is 2.36. The average Bonchev–Trinajstić information content (AvgIpc) is 2.92. The lowest BCUT2D eigenvalue weighted by atomic mass is 10.2. The first-order valence-electron chi connectivity index (χ1n) is 7.22. The molecule has 25 heavy (non-hydrogen) atoms. The summed E-state index contributed by atoms with van der Waals surface area (Å²) in [6, 6.07) is 3.20. The molecule has 0 aliphatic rings. The van der Waals surface area contributed by atoms with E-state index in [2.05, 4.69) is 20.8 Å². The zero-order chi connectivity index (χ0) is 18.6. The molecule has 0 spiro atoms. The molecule has 1 aromatic carbocycles. The number of hydrogen-bond acceptors (Lipinski definition) is 5. The quantitative estimate of drug-likeness (QED) is 0.757. The largest absolute Gasteiger partial charge is 0.417 e. The van der Waals surface area contributed by atoms with Gasteiger partial charge in [0.2, 0.25) is 11.1 Å². The number of benzene rings is 1. The van der Waals surface area contributed by atoms with Crippen LogP contribution < -0.4 is 5.32 Å². The molecule has 136 valence electrons. The predicted molar refractivity (Wildman–Crippen MR) is 88.5 cm³/mol. The topological polar surface area (TPSA) is 72.7 Å². The number of anilines is 1. The maximum Gasteiger partial charge on any atom is 0.417 e. The first-order chi connectivity index (χ1) is 11.7. The molecule has 2 aromatic rings. The third-order valence-corrected chi connectivity index (χ3v) is 4.21. The Morgan fingerprint density at radius 3 is 2.76 bits per heavy atom. The summed E-state index contributed by atoms with van der Waals surface area (Å²) in [4.78, 5) is 12.0. The zero-order valence-electron chi connectivity index (χ0n) is 13.3. The second-order valence-electron chi connectivity index (χ2n) is 5.57. The number of aromatic nitrogens is 4. The fourth-order valence-electron chi connectivity index (χ4n) is 1.91. The van der Waals surface area contributed by atoms with Gasteiger partial charge in [0.05, 0.1) is 16.3 Å². The van der Waals surface area contributed by atoms with Crippen LogP contribution in [-0.2, 0) is 17.5 Å². The summed E-state index contributed by atoms with van der Waals surface area (Å²) in [5.74, 6) is -0.186. The molecule has 0 saturated carbocycles. The van der Waals surface area contributed by atoms with Gasteiger partial charge in [0.15, 0.2) is 0 Å². The monoisotopic (exact) mass is 393 g/mol. The number of halogens is 4. The van der Waals surface area contributed by atoms with Crippen LogP contribution in [0.2, 0.25) is 5.02 Å². The average molecular weight is 394 g/mol. The summed E-state index contributed by atoms with van der Waals surface area (Å²) in [6.45, 7) is 4.60. The first-order valence-corrected chi connectivity index (χ1v) is 8.58. The van der Waals surface area contributed by atoms with Gasteiger partial charge in [0.1, 0.15) is 0 Å². The summed E-state index contributed by atoms with van der Waals surface area (Å²) < 4.78 is 40.0. The molecular formula is C14H15ClF3N5OS. The van der Waals surface area contributed by atoms with Crippen molar-refractivity contribution >= 4 is 35.0 Å². The van der Waals surface area contributed by atoms with Crippen molar-refractivity contribution < 1.29 is 18.0 Å². The van der Waals surface area contributed by atoms with Crippen LogP contribution in [0.15, 0.2) is 23.4 Å². The number of thioether (sulfide) groups is 1. The van der Waals surface area contributed by atoms with Gasteiger partial charge in [0, 0.05) is 12.2 Å². The molecule has 0 aliphatic carbocycles. The fourth-order valence-corrected chi connectivity index (χ4v) is 2.82.